The van der Waals surface area contributed by atoms with Crippen LogP contribution in [-0.4, -0.2) is 57.6 Å². The van der Waals surface area contributed by atoms with E-state index in [2.05, 4.69) is 5.10 Å². The second kappa shape index (κ2) is 7.13. The number of carbonyl (C=O) groups excluding carboxylic acids is 2. The van der Waals surface area contributed by atoms with Gasteiger partial charge in [0.05, 0.1) is 12.0 Å². The molecule has 25 heavy (non-hydrogen) atoms. The van der Waals surface area contributed by atoms with Gasteiger partial charge in [-0.3, -0.25) is 14.3 Å². The zero-order chi connectivity index (χ0) is 18.0. The molecular weight excluding hydrogens is 320 g/mol. The lowest BCUT2D eigenvalue weighted by Gasteiger charge is -2.34. The minimum atomic E-state index is -0.112. The number of carbonyl (C=O) groups is 2. The molecule has 0 aromatic carbocycles. The first-order chi connectivity index (χ1) is 12.0. The summed E-state index contributed by atoms with van der Waals surface area (Å²) in [5.74, 6) is 0.369. The minimum absolute atomic E-state index is 0.112. The lowest BCUT2D eigenvalue weighted by atomic mass is 10.1. The predicted octanol–water partition coefficient (Wildman–Crippen LogP) is 1.55. The van der Waals surface area contributed by atoms with Gasteiger partial charge in [-0.05, 0) is 38.0 Å². The van der Waals surface area contributed by atoms with Crippen molar-refractivity contribution >= 4 is 11.8 Å². The standard InChI is InChI=1S/C18H24N4O3/c1-13-15(14(2)20(3)19-13)6-7-17(23)21-8-10-22(11-9-21)18(24)16-5-4-12-25-16/h4-5,12H,6-11H2,1-3H3. The number of amides is 2. The smallest absolute Gasteiger partial charge is 0.289 e. The molecule has 7 nitrogen and oxygen atoms in total. The van der Waals surface area contributed by atoms with Crippen molar-refractivity contribution in [2.45, 2.75) is 26.7 Å². The van der Waals surface area contributed by atoms with Crippen LogP contribution >= 0.6 is 0 Å². The van der Waals surface area contributed by atoms with Gasteiger partial charge in [0.2, 0.25) is 5.91 Å². The third-order valence-electron chi connectivity index (χ3n) is 4.90. The molecule has 0 atom stereocenters. The van der Waals surface area contributed by atoms with E-state index >= 15 is 0 Å². The molecule has 134 valence electrons. The molecule has 2 amide bonds. The molecular formula is C18H24N4O3. The Bertz CT molecular complexity index is 756. The highest BCUT2D eigenvalue weighted by atomic mass is 16.3. The maximum absolute atomic E-state index is 12.5. The summed E-state index contributed by atoms with van der Waals surface area (Å²) in [5.41, 5.74) is 3.25. The van der Waals surface area contributed by atoms with Gasteiger partial charge in [-0.2, -0.15) is 5.10 Å². The predicted molar refractivity (Wildman–Crippen MR) is 92.2 cm³/mol. The zero-order valence-electron chi connectivity index (χ0n) is 15.0. The quantitative estimate of drug-likeness (QED) is 0.844. The first kappa shape index (κ1) is 17.3. The van der Waals surface area contributed by atoms with Crippen LogP contribution in [0.15, 0.2) is 22.8 Å². The first-order valence-electron chi connectivity index (χ1n) is 8.57. The van der Waals surface area contributed by atoms with Crippen molar-refractivity contribution in [1.82, 2.24) is 19.6 Å². The normalized spacial score (nSPS) is 14.8. The van der Waals surface area contributed by atoms with Crippen molar-refractivity contribution in [1.29, 1.82) is 0 Å². The highest BCUT2D eigenvalue weighted by Crippen LogP contribution is 2.16. The summed E-state index contributed by atoms with van der Waals surface area (Å²) in [5, 5.41) is 4.39. The molecule has 2 aromatic heterocycles. The van der Waals surface area contributed by atoms with Gasteiger partial charge < -0.3 is 14.2 Å². The molecule has 1 aliphatic heterocycles. The summed E-state index contributed by atoms with van der Waals surface area (Å²) in [7, 11) is 1.92. The molecule has 2 aromatic rings. The SMILES string of the molecule is Cc1nn(C)c(C)c1CCC(=O)N1CCN(C(=O)c2ccco2)CC1. The van der Waals surface area contributed by atoms with Crippen molar-refractivity contribution < 1.29 is 14.0 Å². The lowest BCUT2D eigenvalue weighted by molar-refractivity contribution is -0.132. The topological polar surface area (TPSA) is 71.6 Å². The van der Waals surface area contributed by atoms with E-state index in [0.717, 1.165) is 17.0 Å². The molecule has 0 spiro atoms. The van der Waals surface area contributed by atoms with Crippen molar-refractivity contribution in [2.75, 3.05) is 26.2 Å². The number of furan rings is 1. The molecule has 1 saturated heterocycles. The van der Waals surface area contributed by atoms with Gasteiger partial charge >= 0.3 is 0 Å². The summed E-state index contributed by atoms with van der Waals surface area (Å²) in [6.07, 6.45) is 2.67. The zero-order valence-corrected chi connectivity index (χ0v) is 15.0. The molecule has 1 fully saturated rings. The van der Waals surface area contributed by atoms with E-state index in [0.29, 0.717) is 44.8 Å². The average Bonchev–Trinajstić information content (AvgIpc) is 3.22. The average molecular weight is 344 g/mol. The third kappa shape index (κ3) is 3.60. The van der Waals surface area contributed by atoms with Crippen molar-refractivity contribution in [3.8, 4) is 0 Å². The highest BCUT2D eigenvalue weighted by molar-refractivity contribution is 5.91. The summed E-state index contributed by atoms with van der Waals surface area (Å²) < 4.78 is 7.01. The monoisotopic (exact) mass is 344 g/mol. The number of aryl methyl sites for hydroxylation is 2. The third-order valence-corrected chi connectivity index (χ3v) is 4.90. The van der Waals surface area contributed by atoms with E-state index in [1.54, 1.807) is 17.0 Å². The second-order valence-electron chi connectivity index (χ2n) is 6.42. The molecule has 0 radical (unpaired) electrons. The summed E-state index contributed by atoms with van der Waals surface area (Å²) in [6, 6.07) is 3.37. The van der Waals surface area contributed by atoms with Crippen LogP contribution in [0, 0.1) is 13.8 Å². The maximum Gasteiger partial charge on any atom is 0.289 e. The van der Waals surface area contributed by atoms with E-state index in [1.165, 1.54) is 6.26 Å². The maximum atomic E-state index is 12.5. The van der Waals surface area contributed by atoms with Gasteiger partial charge in [-0.25, -0.2) is 0 Å². The van der Waals surface area contributed by atoms with Gasteiger partial charge in [-0.1, -0.05) is 0 Å². The number of aromatic nitrogens is 2. The van der Waals surface area contributed by atoms with E-state index in [9.17, 15) is 9.59 Å². The fraction of sp³-hybridized carbons (Fsp3) is 0.500. The molecule has 0 unspecified atom stereocenters. The van der Waals surface area contributed by atoms with E-state index in [-0.39, 0.29) is 11.8 Å². The van der Waals surface area contributed by atoms with Gasteiger partial charge in [0.1, 0.15) is 0 Å². The molecule has 3 rings (SSSR count). The Labute approximate surface area is 147 Å². The van der Waals surface area contributed by atoms with Gasteiger partial charge in [0, 0.05) is 45.3 Å². The second-order valence-corrected chi connectivity index (χ2v) is 6.42. The fourth-order valence-electron chi connectivity index (χ4n) is 3.28. The Morgan fingerprint density at radius 1 is 1.16 bits per heavy atom. The Balaban J connectivity index is 1.51. The molecule has 1 aliphatic rings. The van der Waals surface area contributed by atoms with Crippen LogP contribution in [-0.2, 0) is 18.3 Å². The fourth-order valence-corrected chi connectivity index (χ4v) is 3.28. The number of hydrogen-bond acceptors (Lipinski definition) is 4. The highest BCUT2D eigenvalue weighted by Gasteiger charge is 2.26. The summed E-state index contributed by atoms with van der Waals surface area (Å²) >= 11 is 0. The van der Waals surface area contributed by atoms with E-state index in [1.807, 2.05) is 30.5 Å². The Kier molecular flexibility index (Phi) is 4.92. The summed E-state index contributed by atoms with van der Waals surface area (Å²) in [4.78, 5) is 28.3. The van der Waals surface area contributed by atoms with Gasteiger partial charge in [0.25, 0.3) is 5.91 Å². The van der Waals surface area contributed by atoms with Crippen LogP contribution < -0.4 is 0 Å². The lowest BCUT2D eigenvalue weighted by Crippen LogP contribution is -2.50. The van der Waals surface area contributed by atoms with Gasteiger partial charge in [-0.15, -0.1) is 0 Å². The van der Waals surface area contributed by atoms with Crippen molar-refractivity contribution in [3.05, 3.63) is 41.1 Å². The number of rotatable bonds is 4. The number of piperazine rings is 1. The molecule has 0 bridgehead atoms. The van der Waals surface area contributed by atoms with E-state index < -0.39 is 0 Å². The van der Waals surface area contributed by atoms with E-state index in [4.69, 9.17) is 4.42 Å². The minimum Gasteiger partial charge on any atom is -0.459 e. The molecule has 0 aliphatic carbocycles. The van der Waals surface area contributed by atoms with Crippen LogP contribution in [0.4, 0.5) is 0 Å². The Hall–Kier alpha value is -2.57. The Morgan fingerprint density at radius 3 is 2.40 bits per heavy atom. The molecule has 0 saturated carbocycles. The van der Waals surface area contributed by atoms with Crippen LogP contribution in [0.2, 0.25) is 0 Å². The molecule has 7 heteroatoms. The van der Waals surface area contributed by atoms with Crippen LogP contribution in [0.25, 0.3) is 0 Å². The molecule has 3 heterocycles. The summed E-state index contributed by atoms with van der Waals surface area (Å²) in [6.45, 7) is 6.21. The van der Waals surface area contributed by atoms with Crippen LogP contribution in [0.3, 0.4) is 0 Å². The largest absolute Gasteiger partial charge is 0.459 e. The Morgan fingerprint density at radius 2 is 1.84 bits per heavy atom. The number of hydrogen-bond donors (Lipinski definition) is 0. The van der Waals surface area contributed by atoms with Crippen molar-refractivity contribution in [3.63, 3.8) is 0 Å². The molecule has 0 N–H and O–H groups in total. The van der Waals surface area contributed by atoms with Crippen LogP contribution in [0.1, 0.15) is 33.9 Å². The van der Waals surface area contributed by atoms with Gasteiger partial charge in [0.15, 0.2) is 5.76 Å². The van der Waals surface area contributed by atoms with Crippen LogP contribution in [0.5, 0.6) is 0 Å². The first-order valence-corrected chi connectivity index (χ1v) is 8.57. The number of nitrogens with zero attached hydrogens (tertiary/aromatic N) is 4. The van der Waals surface area contributed by atoms with Crippen molar-refractivity contribution in [2.24, 2.45) is 7.05 Å².